The largest absolute Gasteiger partial charge is 0.463 e. The van der Waals surface area contributed by atoms with Crippen LogP contribution in [0.1, 0.15) is 29.5 Å². The number of halogens is 1. The van der Waals surface area contributed by atoms with Crippen molar-refractivity contribution in [3.63, 3.8) is 0 Å². The van der Waals surface area contributed by atoms with Gasteiger partial charge in [0.25, 0.3) is 10.0 Å². The van der Waals surface area contributed by atoms with Crippen LogP contribution in [-0.4, -0.2) is 32.5 Å². The van der Waals surface area contributed by atoms with Crippen LogP contribution in [0.15, 0.2) is 93.8 Å². The SMILES string of the molecule is CCOC(=O)C1=CCN(S(=O)(=O)c2ccc(C)cc2)c2[nH]c3ccccc3c2C1c1ccc(Br)cc1. The molecular weight excluding hydrogens is 540 g/mol. The monoisotopic (exact) mass is 564 g/mol. The summed E-state index contributed by atoms with van der Waals surface area (Å²) in [5, 5.41) is 0.849. The van der Waals surface area contributed by atoms with E-state index in [4.69, 9.17) is 4.74 Å². The number of aromatic nitrogens is 1. The van der Waals surface area contributed by atoms with Crippen molar-refractivity contribution in [2.75, 3.05) is 17.5 Å². The number of H-pyrrole nitrogens is 1. The Morgan fingerprint density at radius 2 is 1.75 bits per heavy atom. The number of fused-ring (bicyclic) bond motifs is 3. The van der Waals surface area contributed by atoms with Gasteiger partial charge < -0.3 is 9.72 Å². The molecule has 0 radical (unpaired) electrons. The number of nitrogens with zero attached hydrogens (tertiary/aromatic N) is 1. The standard InChI is InChI=1S/C28H25BrN2O4S/c1-3-35-28(32)23-16-17-31(36(33,34)21-14-8-18(2)9-15-21)27-26(22-6-4-5-7-24(22)30-27)25(23)19-10-12-20(29)13-11-19/h4-16,25,30H,3,17H2,1-2H3. The summed E-state index contributed by atoms with van der Waals surface area (Å²) in [7, 11) is -3.94. The first-order valence-corrected chi connectivity index (χ1v) is 13.9. The lowest BCUT2D eigenvalue weighted by Crippen LogP contribution is -2.31. The Morgan fingerprint density at radius 3 is 2.44 bits per heavy atom. The summed E-state index contributed by atoms with van der Waals surface area (Å²) in [4.78, 5) is 16.8. The number of nitrogens with one attached hydrogen (secondary N) is 1. The minimum Gasteiger partial charge on any atom is -0.463 e. The van der Waals surface area contributed by atoms with Crippen LogP contribution in [0.5, 0.6) is 0 Å². The van der Waals surface area contributed by atoms with Crippen molar-refractivity contribution >= 4 is 48.6 Å². The maximum atomic E-state index is 13.9. The maximum absolute atomic E-state index is 13.9. The van der Waals surface area contributed by atoms with Gasteiger partial charge in [-0.15, -0.1) is 0 Å². The van der Waals surface area contributed by atoms with Gasteiger partial charge in [-0.25, -0.2) is 17.5 Å². The Balaban J connectivity index is 1.80. The highest BCUT2D eigenvalue weighted by Crippen LogP contribution is 2.45. The molecule has 2 heterocycles. The number of sulfonamides is 1. The van der Waals surface area contributed by atoms with Crippen molar-refractivity contribution in [3.8, 4) is 0 Å². The highest BCUT2D eigenvalue weighted by Gasteiger charge is 2.38. The Kier molecular flexibility index (Phi) is 6.49. The summed E-state index contributed by atoms with van der Waals surface area (Å²) in [6, 6.07) is 22.2. The zero-order chi connectivity index (χ0) is 25.4. The second kappa shape index (κ2) is 9.59. The van der Waals surface area contributed by atoms with E-state index in [0.29, 0.717) is 11.4 Å². The molecule has 5 rings (SSSR count). The molecule has 0 aliphatic carbocycles. The number of carbonyl (C=O) groups excluding carboxylic acids is 1. The van der Waals surface area contributed by atoms with E-state index < -0.39 is 21.9 Å². The van der Waals surface area contributed by atoms with E-state index >= 15 is 0 Å². The number of ether oxygens (including phenoxy) is 1. The first-order valence-electron chi connectivity index (χ1n) is 11.6. The second-order valence-electron chi connectivity index (χ2n) is 8.65. The van der Waals surface area contributed by atoms with Crippen molar-refractivity contribution < 1.29 is 17.9 Å². The van der Waals surface area contributed by atoms with E-state index in [0.717, 1.165) is 32.1 Å². The molecule has 36 heavy (non-hydrogen) atoms. The van der Waals surface area contributed by atoms with Crippen molar-refractivity contribution in [2.24, 2.45) is 0 Å². The molecule has 1 N–H and O–H groups in total. The lowest BCUT2D eigenvalue weighted by Gasteiger charge is -2.24. The molecule has 1 atom stereocenters. The fourth-order valence-electron chi connectivity index (χ4n) is 4.66. The predicted molar refractivity (Wildman–Crippen MR) is 145 cm³/mol. The van der Waals surface area contributed by atoms with Gasteiger partial charge >= 0.3 is 5.97 Å². The number of aromatic amines is 1. The molecule has 6 nitrogen and oxygen atoms in total. The van der Waals surface area contributed by atoms with E-state index in [-0.39, 0.29) is 18.0 Å². The summed E-state index contributed by atoms with van der Waals surface area (Å²) in [5.41, 5.74) is 3.75. The van der Waals surface area contributed by atoms with E-state index in [9.17, 15) is 13.2 Å². The molecule has 1 aliphatic heterocycles. The molecule has 1 unspecified atom stereocenters. The van der Waals surface area contributed by atoms with Crippen molar-refractivity contribution in [2.45, 2.75) is 24.7 Å². The summed E-state index contributed by atoms with van der Waals surface area (Å²) >= 11 is 3.48. The zero-order valence-electron chi connectivity index (χ0n) is 19.9. The summed E-state index contributed by atoms with van der Waals surface area (Å²) in [6.07, 6.45) is 1.68. The molecule has 0 fully saturated rings. The number of hydrogen-bond acceptors (Lipinski definition) is 4. The van der Waals surface area contributed by atoms with Crippen LogP contribution in [0, 0.1) is 6.92 Å². The molecule has 0 bridgehead atoms. The number of aryl methyl sites for hydroxylation is 1. The number of para-hydroxylation sites is 1. The third kappa shape index (κ3) is 4.24. The van der Waals surface area contributed by atoms with Crippen LogP contribution in [0.3, 0.4) is 0 Å². The highest BCUT2D eigenvalue weighted by molar-refractivity contribution is 9.10. The quantitative estimate of drug-likeness (QED) is 0.298. The molecule has 0 saturated carbocycles. The second-order valence-corrected chi connectivity index (χ2v) is 11.4. The molecular formula is C28H25BrN2O4S. The summed E-state index contributed by atoms with van der Waals surface area (Å²) in [5.74, 6) is -0.544. The maximum Gasteiger partial charge on any atom is 0.334 e. The van der Waals surface area contributed by atoms with Crippen molar-refractivity contribution in [1.82, 2.24) is 4.98 Å². The Labute approximate surface area is 218 Å². The number of esters is 1. The van der Waals surface area contributed by atoms with Crippen LogP contribution < -0.4 is 4.31 Å². The first-order chi connectivity index (χ1) is 17.3. The minimum absolute atomic E-state index is 0.0167. The molecule has 4 aromatic rings. The number of hydrogen-bond donors (Lipinski definition) is 1. The van der Waals surface area contributed by atoms with Crippen molar-refractivity contribution in [1.29, 1.82) is 0 Å². The van der Waals surface area contributed by atoms with Gasteiger partial charge in [0.2, 0.25) is 0 Å². The van der Waals surface area contributed by atoms with Crippen LogP contribution >= 0.6 is 15.9 Å². The van der Waals surface area contributed by atoms with Gasteiger partial charge in [-0.3, -0.25) is 0 Å². The number of rotatable bonds is 5. The molecule has 1 aliphatic rings. The molecule has 0 saturated heterocycles. The van der Waals surface area contributed by atoms with Gasteiger partial charge in [0.1, 0.15) is 5.82 Å². The average Bonchev–Trinajstić information content (AvgIpc) is 3.14. The Morgan fingerprint density at radius 1 is 1.06 bits per heavy atom. The average molecular weight is 565 g/mol. The van der Waals surface area contributed by atoms with E-state index in [1.165, 1.54) is 4.31 Å². The lowest BCUT2D eigenvalue weighted by atomic mass is 9.84. The summed E-state index contributed by atoms with van der Waals surface area (Å²) < 4.78 is 35.6. The fraction of sp³-hybridized carbons (Fsp3) is 0.179. The molecule has 0 spiro atoms. The molecule has 8 heteroatoms. The zero-order valence-corrected chi connectivity index (χ0v) is 22.3. The number of benzene rings is 3. The third-order valence-corrected chi connectivity index (χ3v) is 8.68. The molecule has 3 aromatic carbocycles. The normalized spacial score (nSPS) is 15.8. The van der Waals surface area contributed by atoms with Crippen molar-refractivity contribution in [3.05, 3.63) is 106 Å². The Bertz CT molecular complexity index is 1570. The fourth-order valence-corrected chi connectivity index (χ4v) is 6.31. The molecule has 0 amide bonds. The van der Waals surface area contributed by atoms with E-state index in [1.54, 1.807) is 37.3 Å². The van der Waals surface area contributed by atoms with Crippen LogP contribution in [-0.2, 0) is 19.6 Å². The Hall–Kier alpha value is -3.36. The lowest BCUT2D eigenvalue weighted by molar-refractivity contribution is -0.138. The van der Waals surface area contributed by atoms with Crippen LogP contribution in [0.4, 0.5) is 5.82 Å². The third-order valence-electron chi connectivity index (χ3n) is 6.37. The van der Waals surface area contributed by atoms with Crippen LogP contribution in [0.2, 0.25) is 0 Å². The van der Waals surface area contributed by atoms with Gasteiger partial charge in [0, 0.05) is 32.4 Å². The van der Waals surface area contributed by atoms with Crippen LogP contribution in [0.25, 0.3) is 10.9 Å². The van der Waals surface area contributed by atoms with Gasteiger partial charge in [0.05, 0.1) is 18.0 Å². The predicted octanol–water partition coefficient (Wildman–Crippen LogP) is 6.07. The first kappa shape index (κ1) is 24.3. The van der Waals surface area contributed by atoms with Gasteiger partial charge in [-0.2, -0.15) is 0 Å². The molecule has 184 valence electrons. The smallest absolute Gasteiger partial charge is 0.334 e. The number of carbonyl (C=O) groups is 1. The van der Waals surface area contributed by atoms with Gasteiger partial charge in [-0.1, -0.05) is 70.0 Å². The summed E-state index contributed by atoms with van der Waals surface area (Å²) in [6.45, 7) is 3.87. The van der Waals surface area contributed by atoms with E-state index in [2.05, 4.69) is 20.9 Å². The topological polar surface area (TPSA) is 79.5 Å². The van der Waals surface area contributed by atoms with Gasteiger partial charge in [0.15, 0.2) is 0 Å². The highest BCUT2D eigenvalue weighted by atomic mass is 79.9. The molecule has 1 aromatic heterocycles. The number of anilines is 1. The minimum atomic E-state index is -3.94. The van der Waals surface area contributed by atoms with Gasteiger partial charge in [-0.05, 0) is 49.7 Å². The van der Waals surface area contributed by atoms with E-state index in [1.807, 2.05) is 55.5 Å².